The molecule has 4 bridgehead atoms. The minimum Gasteiger partial charge on any atom is -0.506 e. The van der Waals surface area contributed by atoms with Gasteiger partial charge in [0, 0.05) is 49.8 Å². The summed E-state index contributed by atoms with van der Waals surface area (Å²) in [4.78, 5) is 38.3. The highest BCUT2D eigenvalue weighted by molar-refractivity contribution is 6.13. The number of hydrogen-bond donors (Lipinski definition) is 4. The molecule has 4 N–H and O–H groups in total. The first-order valence-electron chi connectivity index (χ1n) is 21.7. The molecule has 0 aromatic heterocycles. The van der Waals surface area contributed by atoms with E-state index in [4.69, 9.17) is 61.6 Å². The molecule has 20 heteroatoms. The summed E-state index contributed by atoms with van der Waals surface area (Å²) in [6, 6.07) is 1.80. The Morgan fingerprint density at radius 1 is 1.02 bits per heavy atom. The van der Waals surface area contributed by atoms with Crippen molar-refractivity contribution < 1.29 is 96.4 Å². The van der Waals surface area contributed by atoms with Crippen molar-refractivity contribution in [1.29, 1.82) is 0 Å². The third-order valence-electron chi connectivity index (χ3n) is 15.5. The number of phenolic OH excluding ortho intramolecular Hbond substituents is 1. The lowest BCUT2D eigenvalue weighted by molar-refractivity contribution is -0.377. The Labute approximate surface area is 366 Å². The Morgan fingerprint density at radius 3 is 2.36 bits per heavy atom. The molecule has 9 aliphatic rings. The zero-order chi connectivity index (χ0) is 45.6. The SMILES string of the molecule is COc1c2c(c(O)c3c4c(c(C)cc13)C1C3OC5([C@H](C)OC)OC15[C@]1(CO1)[C@]3(OC1CC(O)C3(OC(=O)O[C@@H]3C)C(C)O1)O4)C(=O)[C@@H](O)C[C@@H]2OC1CC(C)(O)C(OC(C)=O)C(C)O1. The molecule has 348 valence electrons. The molecule has 3 spiro atoms. The number of aromatic hydroxyl groups is 1. The van der Waals surface area contributed by atoms with Crippen LogP contribution in [0.25, 0.3) is 10.8 Å². The van der Waals surface area contributed by atoms with E-state index < -0.39 is 131 Å². The van der Waals surface area contributed by atoms with Gasteiger partial charge in [0.05, 0.1) is 42.8 Å². The van der Waals surface area contributed by atoms with Crippen LogP contribution in [0.5, 0.6) is 17.2 Å². The molecule has 11 rings (SSSR count). The van der Waals surface area contributed by atoms with Crippen molar-refractivity contribution in [3.63, 3.8) is 0 Å². The van der Waals surface area contributed by atoms with Crippen LogP contribution in [0.15, 0.2) is 6.07 Å². The number of ketones is 1. The molecule has 6 saturated heterocycles. The molecule has 1 saturated carbocycles. The van der Waals surface area contributed by atoms with Crippen molar-refractivity contribution in [1.82, 2.24) is 0 Å². The van der Waals surface area contributed by atoms with Crippen LogP contribution in [0.3, 0.4) is 0 Å². The van der Waals surface area contributed by atoms with Gasteiger partial charge in [0.15, 0.2) is 35.7 Å². The van der Waals surface area contributed by atoms with Gasteiger partial charge in [-0.3, -0.25) is 9.59 Å². The molecule has 12 unspecified atom stereocenters. The number of cyclic esters (lactones) is 1. The Hall–Kier alpha value is -3.93. The predicted octanol–water partition coefficient (Wildman–Crippen LogP) is 2.35. The zero-order valence-corrected chi connectivity index (χ0v) is 36.7. The largest absolute Gasteiger partial charge is 0.509 e. The fourth-order valence-corrected chi connectivity index (χ4v) is 12.7. The molecule has 2 aromatic rings. The number of phenols is 1. The van der Waals surface area contributed by atoms with Gasteiger partial charge in [-0.2, -0.15) is 0 Å². The number of epoxide rings is 2. The number of carbonyl (C=O) groups is 3. The smallest absolute Gasteiger partial charge is 0.506 e. The number of Topliss-reactive ketones (excluding diaryl/α,β-unsaturated/α-hetero) is 1. The van der Waals surface area contributed by atoms with Crippen molar-refractivity contribution in [2.75, 3.05) is 20.8 Å². The molecule has 0 radical (unpaired) electrons. The summed E-state index contributed by atoms with van der Waals surface area (Å²) in [5, 5.41) is 47.3. The maximum atomic E-state index is 14.2. The average molecular weight is 901 g/mol. The highest BCUT2D eigenvalue weighted by atomic mass is 16.9. The first-order chi connectivity index (χ1) is 30.2. The van der Waals surface area contributed by atoms with E-state index in [0.29, 0.717) is 16.5 Å². The maximum absolute atomic E-state index is 14.2. The molecule has 2 aliphatic carbocycles. The molecule has 2 aromatic carbocycles. The molecular formula is C44H52O20. The summed E-state index contributed by atoms with van der Waals surface area (Å²) >= 11 is 0. The summed E-state index contributed by atoms with van der Waals surface area (Å²) in [7, 11) is 2.95. The number of fused-ring (bicyclic) bond motifs is 5. The van der Waals surface area contributed by atoms with Crippen LogP contribution < -0.4 is 9.47 Å². The number of methoxy groups -OCH3 is 2. The lowest BCUT2D eigenvalue weighted by Gasteiger charge is -2.49. The summed E-state index contributed by atoms with van der Waals surface area (Å²) in [5.41, 5.74) is -4.56. The quantitative estimate of drug-likeness (QED) is 0.219. The monoisotopic (exact) mass is 900 g/mol. The van der Waals surface area contributed by atoms with Crippen LogP contribution in [-0.2, 0) is 56.9 Å². The van der Waals surface area contributed by atoms with Gasteiger partial charge in [-0.05, 0) is 53.2 Å². The van der Waals surface area contributed by atoms with Gasteiger partial charge in [0.2, 0.25) is 11.4 Å². The molecular weight excluding hydrogens is 848 g/mol. The third-order valence-corrected chi connectivity index (χ3v) is 15.5. The fourth-order valence-electron chi connectivity index (χ4n) is 12.7. The van der Waals surface area contributed by atoms with Crippen LogP contribution >= 0.6 is 0 Å². The summed E-state index contributed by atoms with van der Waals surface area (Å²) in [6.07, 6.45) is -13.0. The van der Waals surface area contributed by atoms with E-state index >= 15 is 0 Å². The van der Waals surface area contributed by atoms with E-state index in [1.807, 2.05) is 13.8 Å². The number of hydrogen-bond acceptors (Lipinski definition) is 20. The normalized spacial score (nSPS) is 47.1. The van der Waals surface area contributed by atoms with Crippen molar-refractivity contribution in [2.45, 2.75) is 175 Å². The number of aliphatic hydroxyl groups is 3. The second kappa shape index (κ2) is 13.4. The second-order valence-electron chi connectivity index (χ2n) is 19.0. The summed E-state index contributed by atoms with van der Waals surface area (Å²) < 4.78 is 81.3. The van der Waals surface area contributed by atoms with Gasteiger partial charge >= 0.3 is 12.1 Å². The first-order valence-corrected chi connectivity index (χ1v) is 21.7. The Balaban J connectivity index is 1.04. The average Bonchev–Trinajstić information content (AvgIpc) is 4.10. The number of carbonyl (C=O) groups excluding carboxylic acids is 3. The van der Waals surface area contributed by atoms with Gasteiger partial charge in [-0.25, -0.2) is 4.79 Å². The predicted molar refractivity (Wildman–Crippen MR) is 209 cm³/mol. The first kappa shape index (κ1) is 42.7. The van der Waals surface area contributed by atoms with Gasteiger partial charge in [0.25, 0.3) is 5.79 Å². The summed E-state index contributed by atoms with van der Waals surface area (Å²) in [6.45, 7) is 11.4. The molecule has 7 fully saturated rings. The lowest BCUT2D eigenvalue weighted by atomic mass is 9.77. The van der Waals surface area contributed by atoms with Crippen molar-refractivity contribution in [2.24, 2.45) is 0 Å². The Morgan fingerprint density at radius 2 is 1.75 bits per heavy atom. The van der Waals surface area contributed by atoms with E-state index in [1.165, 1.54) is 21.0 Å². The van der Waals surface area contributed by atoms with E-state index in [0.717, 1.165) is 0 Å². The van der Waals surface area contributed by atoms with Crippen molar-refractivity contribution in [3.05, 3.63) is 28.3 Å². The Bertz CT molecular complexity index is 2380. The number of esters is 1. The molecule has 20 nitrogen and oxygen atoms in total. The standard InChI is InChI=1S/C44H52O20/c1-15-10-21-28(33(49)30-29(34(21)53-9)23(11-22(46)32(30)48)59-26-13-39(7,51)36(16(2)55-26)58-20(6)45)35-27(15)31-37-44(61-35,40(14-54-40)42(31)43(62-37,64-42)19(5)52-8)60-25-12-24(47)41(17(3)56-25)18(4)57-38(50)63-41/h10,16-19,22-26,31,36-37,46-47,49,51H,11-14H2,1-9H3/t16?,17?,18-,19+,22+,23+,24?,25?,26?,31?,36?,37?,39?,40-,41?,42?,43?,44-/m1/s1. The molecule has 0 amide bonds. The van der Waals surface area contributed by atoms with E-state index in [-0.39, 0.29) is 53.9 Å². The lowest BCUT2D eigenvalue weighted by Crippen LogP contribution is -2.69. The van der Waals surface area contributed by atoms with Gasteiger partial charge in [-0.15, -0.1) is 0 Å². The van der Waals surface area contributed by atoms with E-state index in [2.05, 4.69) is 0 Å². The molecule has 64 heavy (non-hydrogen) atoms. The van der Waals surface area contributed by atoms with Crippen LogP contribution in [0, 0.1) is 6.92 Å². The number of aryl methyl sites for hydroxylation is 1. The number of ether oxygens (including phenoxy) is 13. The Kier molecular flexibility index (Phi) is 8.92. The van der Waals surface area contributed by atoms with Crippen molar-refractivity contribution in [3.8, 4) is 17.2 Å². The van der Waals surface area contributed by atoms with Crippen LogP contribution in [0.4, 0.5) is 4.79 Å². The van der Waals surface area contributed by atoms with Crippen LogP contribution in [0.1, 0.15) is 99.9 Å². The highest BCUT2D eigenvalue weighted by Crippen LogP contribution is 2.85. The van der Waals surface area contributed by atoms with Gasteiger partial charge in [0.1, 0.15) is 59.5 Å². The molecule has 7 heterocycles. The molecule has 18 atom stereocenters. The van der Waals surface area contributed by atoms with Gasteiger partial charge < -0.3 is 82.0 Å². The van der Waals surface area contributed by atoms with E-state index in [9.17, 15) is 34.8 Å². The number of rotatable bonds is 8. The van der Waals surface area contributed by atoms with Crippen molar-refractivity contribution >= 4 is 28.7 Å². The molecule has 7 aliphatic heterocycles. The summed E-state index contributed by atoms with van der Waals surface area (Å²) in [5.74, 6) is -5.52. The van der Waals surface area contributed by atoms with Crippen LogP contribution in [0.2, 0.25) is 0 Å². The fraction of sp³-hybridized carbons (Fsp3) is 0.705. The van der Waals surface area contributed by atoms with E-state index in [1.54, 1.807) is 33.9 Å². The highest BCUT2D eigenvalue weighted by Gasteiger charge is 3.07. The number of aliphatic hydroxyl groups excluding tert-OH is 2. The third kappa shape index (κ3) is 4.97. The van der Waals surface area contributed by atoms with Gasteiger partial charge in [-0.1, -0.05) is 0 Å². The minimum absolute atomic E-state index is 0.0603. The second-order valence-corrected chi connectivity index (χ2v) is 19.0. The topological polar surface area (TPSA) is 259 Å². The van der Waals surface area contributed by atoms with Crippen LogP contribution in [-0.4, -0.2) is 155 Å². The maximum Gasteiger partial charge on any atom is 0.509 e. The number of benzene rings is 2. The zero-order valence-electron chi connectivity index (χ0n) is 36.7. The minimum atomic E-state index is -1.87.